The number of hydrogen-bond acceptors (Lipinski definition) is 5. The van der Waals surface area contributed by atoms with E-state index in [1.165, 1.54) is 0 Å². The Hall–Kier alpha value is -1.57. The largest absolute Gasteiger partial charge is 0.427 e. The molecule has 0 spiro atoms. The summed E-state index contributed by atoms with van der Waals surface area (Å²) in [6.45, 7) is 3.86. The number of halogens is 3. The standard InChI is InChI=1S/C10H10F3N3OS/c1-5-7(6(2)17-16-5)3-14-9-15-4-8(18-9)10(11,12)13/h4H,3H2,1-2H3,(H,14,15). The van der Waals surface area contributed by atoms with E-state index in [0.717, 1.165) is 11.8 Å². The van der Waals surface area contributed by atoms with Crippen LogP contribution in [0.4, 0.5) is 18.3 Å². The van der Waals surface area contributed by atoms with E-state index in [0.29, 0.717) is 29.3 Å². The number of nitrogens with one attached hydrogen (secondary N) is 1. The molecule has 2 heterocycles. The summed E-state index contributed by atoms with van der Waals surface area (Å²) in [4.78, 5) is 2.96. The van der Waals surface area contributed by atoms with Crippen molar-refractivity contribution in [1.82, 2.24) is 10.1 Å². The van der Waals surface area contributed by atoms with Crippen LogP contribution in [0.1, 0.15) is 21.9 Å². The SMILES string of the molecule is Cc1noc(C)c1CNc1ncc(C(F)(F)F)s1. The van der Waals surface area contributed by atoms with E-state index < -0.39 is 11.1 Å². The van der Waals surface area contributed by atoms with E-state index in [2.05, 4.69) is 15.5 Å². The van der Waals surface area contributed by atoms with Crippen molar-refractivity contribution in [1.29, 1.82) is 0 Å². The second kappa shape index (κ2) is 4.60. The molecule has 0 bridgehead atoms. The minimum absolute atomic E-state index is 0.224. The molecular weight excluding hydrogens is 267 g/mol. The van der Waals surface area contributed by atoms with Crippen LogP contribution in [0.3, 0.4) is 0 Å². The van der Waals surface area contributed by atoms with Gasteiger partial charge in [-0.3, -0.25) is 0 Å². The summed E-state index contributed by atoms with van der Waals surface area (Å²) in [6.07, 6.45) is -3.53. The van der Waals surface area contributed by atoms with E-state index in [-0.39, 0.29) is 5.13 Å². The molecule has 0 aromatic carbocycles. The zero-order valence-corrected chi connectivity index (χ0v) is 10.4. The average Bonchev–Trinajstić information content (AvgIpc) is 2.84. The lowest BCUT2D eigenvalue weighted by atomic mass is 10.2. The van der Waals surface area contributed by atoms with Crippen molar-refractivity contribution < 1.29 is 17.7 Å². The average molecular weight is 277 g/mol. The van der Waals surface area contributed by atoms with Gasteiger partial charge in [0, 0.05) is 12.1 Å². The van der Waals surface area contributed by atoms with Crippen LogP contribution in [-0.2, 0) is 12.7 Å². The lowest BCUT2D eigenvalue weighted by Crippen LogP contribution is -2.01. The summed E-state index contributed by atoms with van der Waals surface area (Å²) < 4.78 is 42.0. The van der Waals surface area contributed by atoms with Gasteiger partial charge in [0.1, 0.15) is 10.6 Å². The Morgan fingerprint density at radius 1 is 1.39 bits per heavy atom. The number of anilines is 1. The fraction of sp³-hybridized carbons (Fsp3) is 0.400. The summed E-state index contributed by atoms with van der Waals surface area (Å²) in [6, 6.07) is 0. The predicted octanol–water partition coefficient (Wildman–Crippen LogP) is 3.38. The smallest absolute Gasteiger partial charge is 0.361 e. The molecule has 2 rings (SSSR count). The number of alkyl halides is 3. The Bertz CT molecular complexity index is 527. The molecule has 2 aromatic heterocycles. The molecule has 0 radical (unpaired) electrons. The zero-order valence-electron chi connectivity index (χ0n) is 9.63. The van der Waals surface area contributed by atoms with Crippen LogP contribution in [0.25, 0.3) is 0 Å². The highest BCUT2D eigenvalue weighted by atomic mass is 32.1. The monoisotopic (exact) mass is 277 g/mol. The first-order valence-corrected chi connectivity index (χ1v) is 5.88. The zero-order chi connectivity index (χ0) is 13.3. The first-order valence-electron chi connectivity index (χ1n) is 5.06. The van der Waals surface area contributed by atoms with E-state index >= 15 is 0 Å². The third-order valence-corrected chi connectivity index (χ3v) is 3.38. The molecule has 18 heavy (non-hydrogen) atoms. The highest BCUT2D eigenvalue weighted by Gasteiger charge is 2.33. The Labute approximate surface area is 105 Å². The lowest BCUT2D eigenvalue weighted by molar-refractivity contribution is -0.134. The summed E-state index contributed by atoms with van der Waals surface area (Å²) >= 11 is 0.575. The van der Waals surface area contributed by atoms with Crippen LogP contribution in [0.5, 0.6) is 0 Å². The van der Waals surface area contributed by atoms with Gasteiger partial charge < -0.3 is 9.84 Å². The lowest BCUT2D eigenvalue weighted by Gasteiger charge is -2.02. The third kappa shape index (κ3) is 2.63. The number of aromatic nitrogens is 2. The maximum atomic E-state index is 12.4. The van der Waals surface area contributed by atoms with E-state index in [9.17, 15) is 13.2 Å². The van der Waals surface area contributed by atoms with E-state index in [1.54, 1.807) is 13.8 Å². The van der Waals surface area contributed by atoms with Crippen molar-refractivity contribution in [2.45, 2.75) is 26.6 Å². The molecule has 0 aliphatic rings. The van der Waals surface area contributed by atoms with Crippen LogP contribution in [0.15, 0.2) is 10.7 Å². The van der Waals surface area contributed by atoms with Crippen LogP contribution < -0.4 is 5.32 Å². The van der Waals surface area contributed by atoms with Gasteiger partial charge in [0.25, 0.3) is 0 Å². The summed E-state index contributed by atoms with van der Waals surface area (Å²) in [5.74, 6) is 0.646. The molecule has 0 aliphatic heterocycles. The second-order valence-corrected chi connectivity index (χ2v) is 4.71. The molecule has 0 saturated carbocycles. The van der Waals surface area contributed by atoms with Crippen molar-refractivity contribution >= 4 is 16.5 Å². The Balaban J connectivity index is 2.05. The van der Waals surface area contributed by atoms with Gasteiger partial charge >= 0.3 is 6.18 Å². The van der Waals surface area contributed by atoms with Crippen LogP contribution in [-0.4, -0.2) is 10.1 Å². The van der Waals surface area contributed by atoms with Crippen molar-refractivity contribution in [2.24, 2.45) is 0 Å². The van der Waals surface area contributed by atoms with Crippen LogP contribution >= 0.6 is 11.3 Å². The molecular formula is C10H10F3N3OS. The Kier molecular flexibility index (Phi) is 3.29. The Morgan fingerprint density at radius 3 is 2.61 bits per heavy atom. The van der Waals surface area contributed by atoms with Gasteiger partial charge in [-0.05, 0) is 13.8 Å². The second-order valence-electron chi connectivity index (χ2n) is 3.68. The number of rotatable bonds is 3. The van der Waals surface area contributed by atoms with Gasteiger partial charge in [0.2, 0.25) is 0 Å². The molecule has 0 unspecified atom stereocenters. The highest BCUT2D eigenvalue weighted by molar-refractivity contribution is 7.15. The molecule has 8 heteroatoms. The van der Waals surface area contributed by atoms with Crippen molar-refractivity contribution in [2.75, 3.05) is 5.32 Å². The summed E-state index contributed by atoms with van der Waals surface area (Å²) in [7, 11) is 0. The summed E-state index contributed by atoms with van der Waals surface area (Å²) in [5, 5.41) is 6.81. The molecule has 98 valence electrons. The number of aryl methyl sites for hydroxylation is 2. The maximum Gasteiger partial charge on any atom is 0.427 e. The van der Waals surface area contributed by atoms with E-state index in [1.807, 2.05) is 0 Å². The molecule has 0 saturated heterocycles. The minimum atomic E-state index is -4.35. The number of nitrogens with zero attached hydrogens (tertiary/aromatic N) is 2. The highest BCUT2D eigenvalue weighted by Crippen LogP contribution is 2.35. The molecule has 0 atom stereocenters. The topological polar surface area (TPSA) is 51.0 Å². The molecule has 4 nitrogen and oxygen atoms in total. The molecule has 1 N–H and O–H groups in total. The molecule has 0 fully saturated rings. The fourth-order valence-electron chi connectivity index (χ4n) is 1.41. The maximum absolute atomic E-state index is 12.4. The van der Waals surface area contributed by atoms with Crippen LogP contribution in [0.2, 0.25) is 0 Å². The van der Waals surface area contributed by atoms with Crippen LogP contribution in [0, 0.1) is 13.8 Å². The minimum Gasteiger partial charge on any atom is -0.361 e. The quantitative estimate of drug-likeness (QED) is 0.934. The van der Waals surface area contributed by atoms with Gasteiger partial charge in [0.15, 0.2) is 5.13 Å². The van der Waals surface area contributed by atoms with Gasteiger partial charge in [-0.1, -0.05) is 16.5 Å². The van der Waals surface area contributed by atoms with E-state index in [4.69, 9.17) is 4.52 Å². The molecule has 0 aliphatic carbocycles. The number of thiazole rings is 1. The molecule has 0 amide bonds. The normalized spacial score (nSPS) is 11.8. The first-order chi connectivity index (χ1) is 8.38. The predicted molar refractivity (Wildman–Crippen MR) is 60.4 cm³/mol. The summed E-state index contributed by atoms with van der Waals surface area (Å²) in [5.41, 5.74) is 1.55. The fourth-order valence-corrected chi connectivity index (χ4v) is 2.08. The van der Waals surface area contributed by atoms with Gasteiger partial charge in [-0.15, -0.1) is 0 Å². The third-order valence-electron chi connectivity index (χ3n) is 2.38. The van der Waals surface area contributed by atoms with Crippen molar-refractivity contribution in [3.63, 3.8) is 0 Å². The van der Waals surface area contributed by atoms with Crippen molar-refractivity contribution in [3.8, 4) is 0 Å². The van der Waals surface area contributed by atoms with Crippen molar-refractivity contribution in [3.05, 3.63) is 28.1 Å². The van der Waals surface area contributed by atoms with Gasteiger partial charge in [-0.2, -0.15) is 13.2 Å². The Morgan fingerprint density at radius 2 is 2.11 bits per heavy atom. The van der Waals surface area contributed by atoms with Gasteiger partial charge in [-0.25, -0.2) is 4.98 Å². The molecule has 2 aromatic rings. The van der Waals surface area contributed by atoms with Gasteiger partial charge in [0.05, 0.1) is 11.9 Å². The first kappa shape index (κ1) is 12.9. The number of hydrogen-bond donors (Lipinski definition) is 1.